The summed E-state index contributed by atoms with van der Waals surface area (Å²) in [6, 6.07) is 1.50. The van der Waals surface area contributed by atoms with E-state index in [4.69, 9.17) is 9.72 Å². The van der Waals surface area contributed by atoms with E-state index < -0.39 is 10.0 Å². The van der Waals surface area contributed by atoms with Crippen LogP contribution in [-0.2, 0) is 30.5 Å². The smallest absolute Gasteiger partial charge is 0.280 e. The van der Waals surface area contributed by atoms with Crippen LogP contribution in [0, 0.1) is 0 Å². The summed E-state index contributed by atoms with van der Waals surface area (Å²) in [6.07, 6.45) is 5.25. The van der Waals surface area contributed by atoms with Crippen LogP contribution in [0.4, 0.5) is 0 Å². The highest BCUT2D eigenvalue weighted by Crippen LogP contribution is 2.31. The molecule has 5 rings (SSSR count). The predicted octanol–water partition coefficient (Wildman–Crippen LogP) is 1.20. The van der Waals surface area contributed by atoms with E-state index in [0.717, 1.165) is 6.54 Å². The summed E-state index contributed by atoms with van der Waals surface area (Å²) in [7, 11) is -0.408. The van der Waals surface area contributed by atoms with Gasteiger partial charge in [0.15, 0.2) is 5.52 Å². The van der Waals surface area contributed by atoms with Gasteiger partial charge in [-0.2, -0.15) is 14.1 Å². The van der Waals surface area contributed by atoms with E-state index in [-0.39, 0.29) is 27.7 Å². The van der Waals surface area contributed by atoms with Crippen molar-refractivity contribution in [3.63, 3.8) is 0 Å². The van der Waals surface area contributed by atoms with E-state index in [1.165, 1.54) is 25.8 Å². The van der Waals surface area contributed by atoms with Crippen LogP contribution in [0.5, 0.6) is 5.88 Å². The molecule has 0 aliphatic carbocycles. The highest BCUT2D eigenvalue weighted by Gasteiger charge is 2.30. The number of hydrogen-bond donors (Lipinski definition) is 0. The second-order valence-corrected chi connectivity index (χ2v) is 11.3. The predicted molar refractivity (Wildman–Crippen MR) is 146 cm³/mol. The summed E-state index contributed by atoms with van der Waals surface area (Å²) >= 11 is 0. The Bertz CT molecular complexity index is 1680. The lowest BCUT2D eigenvalue weighted by Crippen LogP contribution is -2.48. The molecule has 0 atom stereocenters. The van der Waals surface area contributed by atoms with Gasteiger partial charge < -0.3 is 14.2 Å². The minimum atomic E-state index is -3.82. The largest absolute Gasteiger partial charge is 0.477 e. The van der Waals surface area contributed by atoms with Crippen molar-refractivity contribution in [1.82, 2.24) is 43.1 Å². The van der Waals surface area contributed by atoms with Crippen molar-refractivity contribution < 1.29 is 13.2 Å². The number of aromatic nitrogens is 7. The molecule has 39 heavy (non-hydrogen) atoms. The molecule has 5 heterocycles. The summed E-state index contributed by atoms with van der Waals surface area (Å²) in [5.74, 6) is 0.924. The van der Waals surface area contributed by atoms with Crippen LogP contribution in [0.15, 0.2) is 34.3 Å². The highest BCUT2D eigenvalue weighted by atomic mass is 32.2. The number of nitrogens with zero attached hydrogens (tertiary/aromatic N) is 9. The number of pyridine rings is 1. The van der Waals surface area contributed by atoms with Gasteiger partial charge >= 0.3 is 0 Å². The van der Waals surface area contributed by atoms with Crippen molar-refractivity contribution in [2.45, 2.75) is 32.1 Å². The quantitative estimate of drug-likeness (QED) is 0.314. The lowest BCUT2D eigenvalue weighted by Gasteiger charge is -2.33. The van der Waals surface area contributed by atoms with Crippen LogP contribution in [0.2, 0.25) is 0 Å². The summed E-state index contributed by atoms with van der Waals surface area (Å²) in [5.41, 5.74) is 1.30. The molecular weight excluding hydrogens is 522 g/mol. The molecule has 0 saturated carbocycles. The zero-order valence-electron chi connectivity index (χ0n) is 22.8. The zero-order chi connectivity index (χ0) is 27.9. The van der Waals surface area contributed by atoms with Crippen molar-refractivity contribution in [3.05, 3.63) is 40.7 Å². The fourth-order valence-corrected chi connectivity index (χ4v) is 6.20. The van der Waals surface area contributed by atoms with Crippen LogP contribution < -0.4 is 10.3 Å². The maximum absolute atomic E-state index is 13.8. The van der Waals surface area contributed by atoms with E-state index in [2.05, 4.69) is 26.9 Å². The highest BCUT2D eigenvalue weighted by molar-refractivity contribution is 7.89. The number of likely N-dealkylation sites (N-methyl/N-ethyl adjacent to an activating group) is 1. The van der Waals surface area contributed by atoms with E-state index in [0.29, 0.717) is 61.9 Å². The van der Waals surface area contributed by atoms with Crippen molar-refractivity contribution in [2.75, 3.05) is 39.3 Å². The Balaban J connectivity index is 1.68. The summed E-state index contributed by atoms with van der Waals surface area (Å²) in [5, 5.41) is 4.64. The number of imidazole rings is 1. The molecule has 0 spiro atoms. The summed E-state index contributed by atoms with van der Waals surface area (Å²) in [6.45, 7) is 9.11. The fourth-order valence-electron chi connectivity index (χ4n) is 4.81. The third kappa shape index (κ3) is 4.61. The van der Waals surface area contributed by atoms with Gasteiger partial charge in [-0.15, -0.1) is 0 Å². The molecule has 0 unspecified atom stereocenters. The number of rotatable bonds is 8. The monoisotopic (exact) mass is 555 g/mol. The number of piperazine rings is 1. The number of aryl methyl sites for hydroxylation is 2. The second-order valence-electron chi connectivity index (χ2n) is 9.34. The molecule has 208 valence electrons. The third-order valence-electron chi connectivity index (χ3n) is 7.06. The molecule has 0 N–H and O–H groups in total. The molecule has 4 aromatic heterocycles. The van der Waals surface area contributed by atoms with Crippen molar-refractivity contribution in [3.8, 4) is 23.2 Å². The minimum Gasteiger partial charge on any atom is -0.477 e. The Hall–Kier alpha value is -3.62. The van der Waals surface area contributed by atoms with E-state index in [9.17, 15) is 13.2 Å². The van der Waals surface area contributed by atoms with Gasteiger partial charge in [-0.05, 0) is 26.0 Å². The van der Waals surface area contributed by atoms with Gasteiger partial charge in [0.2, 0.25) is 21.9 Å². The molecule has 14 heteroatoms. The first-order chi connectivity index (χ1) is 18.7. The van der Waals surface area contributed by atoms with E-state index in [1.54, 1.807) is 24.0 Å². The maximum Gasteiger partial charge on any atom is 0.280 e. The average Bonchev–Trinajstić information content (AvgIpc) is 3.53. The zero-order valence-corrected chi connectivity index (χ0v) is 23.6. The van der Waals surface area contributed by atoms with Gasteiger partial charge in [-0.25, -0.2) is 23.4 Å². The molecule has 1 saturated heterocycles. The standard InChI is InChI=1S/C25H33N9O4S/c1-6-19-20-21(34(29-19)25-26-9-10-30(25)4)24(35)31(5)22(28-20)18-15-17(16-27-23(18)38-8-3)39(36,37)33-13-11-32(7-2)12-14-33/h9-10,15-16H,6-8,11-14H2,1-5H3. The van der Waals surface area contributed by atoms with Gasteiger partial charge in [-0.1, -0.05) is 13.8 Å². The second kappa shape index (κ2) is 10.5. The Kier molecular flexibility index (Phi) is 7.27. The molecule has 0 bridgehead atoms. The van der Waals surface area contributed by atoms with Crippen LogP contribution in [0.3, 0.4) is 0 Å². The number of sulfonamides is 1. The molecule has 13 nitrogen and oxygen atoms in total. The lowest BCUT2D eigenvalue weighted by molar-refractivity contribution is 0.196. The first-order valence-electron chi connectivity index (χ1n) is 13.0. The van der Waals surface area contributed by atoms with Crippen LogP contribution >= 0.6 is 0 Å². The van der Waals surface area contributed by atoms with E-state index >= 15 is 0 Å². The lowest BCUT2D eigenvalue weighted by atomic mass is 10.2. The molecule has 1 aliphatic rings. The van der Waals surface area contributed by atoms with Gasteiger partial charge in [0.25, 0.3) is 5.56 Å². The topological polar surface area (TPSA) is 133 Å². The third-order valence-corrected chi connectivity index (χ3v) is 8.92. The molecule has 1 fully saturated rings. The molecule has 0 amide bonds. The molecule has 1 aliphatic heterocycles. The normalized spacial score (nSPS) is 15.3. The fraction of sp³-hybridized carbons (Fsp3) is 0.480. The molecular formula is C25H33N9O4S. The minimum absolute atomic E-state index is 0.0275. The molecule has 0 aromatic carbocycles. The van der Waals surface area contributed by atoms with Crippen molar-refractivity contribution in [1.29, 1.82) is 0 Å². The number of fused-ring (bicyclic) bond motifs is 1. The average molecular weight is 556 g/mol. The maximum atomic E-state index is 13.8. The van der Waals surface area contributed by atoms with Crippen molar-refractivity contribution in [2.24, 2.45) is 14.1 Å². The van der Waals surface area contributed by atoms with Gasteiger partial charge in [0, 0.05) is 52.7 Å². The van der Waals surface area contributed by atoms with Crippen LogP contribution in [0.1, 0.15) is 26.5 Å². The first-order valence-corrected chi connectivity index (χ1v) is 14.5. The van der Waals surface area contributed by atoms with Gasteiger partial charge in [0.1, 0.15) is 16.2 Å². The van der Waals surface area contributed by atoms with Crippen LogP contribution in [-0.4, -0.2) is 90.8 Å². The Labute approximate surface area is 226 Å². The Morgan fingerprint density at radius 1 is 1.05 bits per heavy atom. The summed E-state index contributed by atoms with van der Waals surface area (Å²) in [4.78, 5) is 29.6. The molecule has 0 radical (unpaired) electrons. The van der Waals surface area contributed by atoms with E-state index in [1.807, 2.05) is 20.9 Å². The summed E-state index contributed by atoms with van der Waals surface area (Å²) < 4.78 is 39.0. The Morgan fingerprint density at radius 2 is 1.79 bits per heavy atom. The number of hydrogen-bond acceptors (Lipinski definition) is 9. The van der Waals surface area contributed by atoms with Crippen LogP contribution in [0.25, 0.3) is 28.4 Å². The SMILES string of the molecule is CCOc1ncc(S(=O)(=O)N2CCN(CC)CC2)cc1-c1nc2c(CC)nn(-c3nccn3C)c2c(=O)n1C. The van der Waals surface area contributed by atoms with Gasteiger partial charge in [0.05, 0.1) is 24.1 Å². The molecule has 4 aromatic rings. The first kappa shape index (κ1) is 27.0. The van der Waals surface area contributed by atoms with Crippen molar-refractivity contribution >= 4 is 21.1 Å². The van der Waals surface area contributed by atoms with Gasteiger partial charge in [-0.3, -0.25) is 9.36 Å². The number of ether oxygens (including phenoxy) is 1. The Morgan fingerprint density at radius 3 is 2.41 bits per heavy atom.